The molecule has 0 aliphatic rings. The highest BCUT2D eigenvalue weighted by molar-refractivity contribution is 6.27. The van der Waals surface area contributed by atoms with E-state index in [0.29, 0.717) is 0 Å². The van der Waals surface area contributed by atoms with Gasteiger partial charge in [-0.15, -0.1) is 0 Å². The van der Waals surface area contributed by atoms with E-state index in [-0.39, 0.29) is 11.7 Å². The van der Waals surface area contributed by atoms with Crippen LogP contribution in [0.15, 0.2) is 200 Å². The van der Waals surface area contributed by atoms with E-state index < -0.39 is 0 Å². The topological polar surface area (TPSA) is 55.9 Å². The van der Waals surface area contributed by atoms with Crippen LogP contribution in [0.1, 0.15) is 16.7 Å². The number of aryl methyl sites for hydroxylation is 1. The fraction of sp³-hybridized carbons (Fsp3) is 0.0196. The fourth-order valence-electron chi connectivity index (χ4n) is 7.66. The zero-order valence-corrected chi connectivity index (χ0v) is 30.4. The largest absolute Gasteiger partial charge is 0.309 e. The molecule has 9 rings (SSSR count). The highest BCUT2D eigenvalue weighted by Gasteiger charge is 2.21. The smallest absolute Gasteiger partial charge is 0.138 e. The third-order valence-corrected chi connectivity index (χ3v) is 10.4. The van der Waals surface area contributed by atoms with Crippen LogP contribution >= 0.6 is 0 Å². The molecule has 4 nitrogen and oxygen atoms in total. The summed E-state index contributed by atoms with van der Waals surface area (Å²) >= 11 is 0. The number of amidine groups is 2. The lowest BCUT2D eigenvalue weighted by Gasteiger charge is -2.26. The maximum absolute atomic E-state index is 9.36. The molecule has 0 saturated carbocycles. The second kappa shape index (κ2) is 14.3. The molecule has 0 fully saturated rings. The van der Waals surface area contributed by atoms with Gasteiger partial charge >= 0.3 is 0 Å². The van der Waals surface area contributed by atoms with Gasteiger partial charge in [0.25, 0.3) is 0 Å². The number of anilines is 1. The molecule has 4 heteroatoms. The van der Waals surface area contributed by atoms with Gasteiger partial charge in [0, 0.05) is 33.3 Å². The van der Waals surface area contributed by atoms with Gasteiger partial charge in [-0.25, -0.2) is 0 Å². The predicted molar refractivity (Wildman–Crippen MR) is 231 cm³/mol. The van der Waals surface area contributed by atoms with Crippen LogP contribution in [0.25, 0.3) is 60.9 Å². The van der Waals surface area contributed by atoms with Gasteiger partial charge in [-0.1, -0.05) is 163 Å². The molecular weight excluding hydrogens is 669 g/mol. The molecule has 8 aromatic carbocycles. The Balaban J connectivity index is 1.09. The van der Waals surface area contributed by atoms with E-state index in [1.54, 1.807) is 4.90 Å². The number of benzene rings is 8. The van der Waals surface area contributed by atoms with Crippen LogP contribution in [0, 0.1) is 17.7 Å². The predicted octanol–water partition coefficient (Wildman–Crippen LogP) is 13.0. The molecule has 0 unspecified atom stereocenters. The minimum atomic E-state index is 0.242. The summed E-state index contributed by atoms with van der Waals surface area (Å²) in [7, 11) is 0. The second-order valence-electron chi connectivity index (χ2n) is 13.8. The number of aromatic nitrogens is 1. The fourth-order valence-corrected chi connectivity index (χ4v) is 7.66. The number of para-hydroxylation sites is 3. The number of hydrogen-bond acceptors (Lipinski definition) is 2. The van der Waals surface area contributed by atoms with Gasteiger partial charge in [0.05, 0.1) is 11.0 Å². The Morgan fingerprint density at radius 2 is 0.891 bits per heavy atom. The molecule has 0 aliphatic heterocycles. The zero-order valence-electron chi connectivity index (χ0n) is 30.4. The van der Waals surface area contributed by atoms with Crippen molar-refractivity contribution in [1.29, 1.82) is 10.8 Å². The summed E-state index contributed by atoms with van der Waals surface area (Å²) in [6.07, 6.45) is 0. The van der Waals surface area contributed by atoms with Crippen LogP contribution in [0.3, 0.4) is 0 Å². The van der Waals surface area contributed by atoms with E-state index in [9.17, 15) is 10.8 Å². The summed E-state index contributed by atoms with van der Waals surface area (Å²) in [5.74, 6) is 0.496. The molecule has 0 radical (unpaired) electrons. The van der Waals surface area contributed by atoms with Crippen LogP contribution < -0.4 is 4.90 Å². The van der Waals surface area contributed by atoms with Crippen molar-refractivity contribution in [2.45, 2.75) is 6.92 Å². The van der Waals surface area contributed by atoms with E-state index in [1.807, 2.05) is 73.7 Å². The van der Waals surface area contributed by atoms with Gasteiger partial charge < -0.3 is 4.57 Å². The normalized spacial score (nSPS) is 11.1. The lowest BCUT2D eigenvalue weighted by molar-refractivity contribution is 1.18. The van der Waals surface area contributed by atoms with Crippen molar-refractivity contribution in [1.82, 2.24) is 4.57 Å². The zero-order chi connectivity index (χ0) is 37.3. The Kier molecular flexibility index (Phi) is 8.69. The van der Waals surface area contributed by atoms with Crippen molar-refractivity contribution in [3.8, 4) is 39.1 Å². The summed E-state index contributed by atoms with van der Waals surface area (Å²) in [6, 6.07) is 69.1. The first kappa shape index (κ1) is 33.5. The van der Waals surface area contributed by atoms with Crippen LogP contribution in [-0.4, -0.2) is 16.2 Å². The number of nitrogens with zero attached hydrogens (tertiary/aromatic N) is 2. The monoisotopic (exact) mass is 706 g/mol. The van der Waals surface area contributed by atoms with Crippen LogP contribution in [0.5, 0.6) is 0 Å². The highest BCUT2D eigenvalue weighted by atomic mass is 15.2. The van der Waals surface area contributed by atoms with Gasteiger partial charge in [-0.3, -0.25) is 15.7 Å². The molecule has 1 aromatic heterocycles. The van der Waals surface area contributed by atoms with Crippen molar-refractivity contribution in [2.75, 3.05) is 4.90 Å². The van der Waals surface area contributed by atoms with Gasteiger partial charge in [-0.2, -0.15) is 0 Å². The van der Waals surface area contributed by atoms with Crippen molar-refractivity contribution in [3.05, 3.63) is 217 Å². The minimum Gasteiger partial charge on any atom is -0.309 e. The second-order valence-corrected chi connectivity index (χ2v) is 13.8. The van der Waals surface area contributed by atoms with E-state index in [0.717, 1.165) is 55.9 Å². The first-order chi connectivity index (χ1) is 27.0. The number of rotatable bonds is 7. The molecule has 0 aliphatic carbocycles. The van der Waals surface area contributed by atoms with Crippen molar-refractivity contribution in [3.63, 3.8) is 0 Å². The quantitative estimate of drug-likeness (QED) is 0.126. The van der Waals surface area contributed by atoms with E-state index in [1.165, 1.54) is 27.4 Å². The van der Waals surface area contributed by atoms with Gasteiger partial charge in [0.1, 0.15) is 11.7 Å². The van der Waals surface area contributed by atoms with Crippen molar-refractivity contribution >= 4 is 39.2 Å². The molecule has 262 valence electrons. The van der Waals surface area contributed by atoms with Crippen molar-refractivity contribution < 1.29 is 0 Å². The Labute approximate surface area is 321 Å². The summed E-state index contributed by atoms with van der Waals surface area (Å²) < 4.78 is 2.35. The van der Waals surface area contributed by atoms with E-state index in [4.69, 9.17) is 0 Å². The number of nitrogens with one attached hydrogen (secondary N) is 2. The Morgan fingerprint density at radius 1 is 0.418 bits per heavy atom. The lowest BCUT2D eigenvalue weighted by Crippen LogP contribution is -2.37. The standard InChI is InChI=1S/C51H38N4/c1-35-24-26-37(27-25-35)50(52)55(41-16-6-3-7-17-41)51(53)38-30-28-36(29-31-38)42-18-8-10-20-44(42)45-21-11-9-19-43(45)39-32-33-49-47(34-39)46-22-12-13-23-48(46)54(49)40-14-4-2-5-15-40/h2-34,52-53H,1H3. The SMILES string of the molecule is Cc1ccc(C(=N)N(C(=N)c2ccc(-c3ccccc3-c3ccccc3-c3ccc4c(c3)c3ccccc3n4-c3ccccc3)cc2)c2ccccc2)cc1. The van der Waals surface area contributed by atoms with E-state index in [2.05, 4.69) is 138 Å². The summed E-state index contributed by atoms with van der Waals surface area (Å²) in [4.78, 5) is 1.71. The van der Waals surface area contributed by atoms with E-state index >= 15 is 0 Å². The molecule has 0 spiro atoms. The molecule has 9 aromatic rings. The van der Waals surface area contributed by atoms with Crippen LogP contribution in [0.4, 0.5) is 5.69 Å². The third kappa shape index (κ3) is 6.20. The molecule has 0 atom stereocenters. The molecular formula is C51H38N4. The Hall–Kier alpha value is -7.30. The molecule has 0 bridgehead atoms. The molecule has 0 saturated heterocycles. The summed E-state index contributed by atoms with van der Waals surface area (Å²) in [6.45, 7) is 2.04. The number of fused-ring (bicyclic) bond motifs is 3. The maximum Gasteiger partial charge on any atom is 0.138 e. The number of hydrogen-bond donors (Lipinski definition) is 2. The highest BCUT2D eigenvalue weighted by Crippen LogP contribution is 2.41. The Bertz CT molecular complexity index is 2830. The molecule has 1 heterocycles. The van der Waals surface area contributed by atoms with Crippen LogP contribution in [-0.2, 0) is 0 Å². The minimum absolute atomic E-state index is 0.242. The summed E-state index contributed by atoms with van der Waals surface area (Å²) in [5.41, 5.74) is 13.7. The first-order valence-corrected chi connectivity index (χ1v) is 18.5. The first-order valence-electron chi connectivity index (χ1n) is 18.5. The van der Waals surface area contributed by atoms with Gasteiger partial charge in [0.2, 0.25) is 0 Å². The average molecular weight is 707 g/mol. The Morgan fingerprint density at radius 3 is 1.53 bits per heavy atom. The molecule has 0 amide bonds. The average Bonchev–Trinajstić information content (AvgIpc) is 3.58. The molecule has 2 N–H and O–H groups in total. The van der Waals surface area contributed by atoms with Gasteiger partial charge in [-0.05, 0) is 82.8 Å². The van der Waals surface area contributed by atoms with Crippen LogP contribution in [0.2, 0.25) is 0 Å². The summed E-state index contributed by atoms with van der Waals surface area (Å²) in [5, 5.41) is 21.0. The lowest BCUT2D eigenvalue weighted by atomic mass is 9.89. The maximum atomic E-state index is 9.36. The van der Waals surface area contributed by atoms with Gasteiger partial charge in [0.15, 0.2) is 0 Å². The molecule has 55 heavy (non-hydrogen) atoms. The van der Waals surface area contributed by atoms with Crippen molar-refractivity contribution in [2.24, 2.45) is 0 Å². The third-order valence-electron chi connectivity index (χ3n) is 10.4.